The Hall–Kier alpha value is -7.05. The fraction of sp³-hybridized carbons (Fsp3) is 0. The summed E-state index contributed by atoms with van der Waals surface area (Å²) < 4.78 is 2.08. The van der Waals surface area contributed by atoms with Gasteiger partial charge >= 0.3 is 0 Å². The highest BCUT2D eigenvalue weighted by Crippen LogP contribution is 2.32. The lowest BCUT2D eigenvalue weighted by Crippen LogP contribution is -2.00. The van der Waals surface area contributed by atoms with Crippen molar-refractivity contribution >= 4 is 11.0 Å². The smallest absolute Gasteiger partial charge is 0.160 e. The maximum absolute atomic E-state index is 5.02. The molecule has 0 spiro atoms. The van der Waals surface area contributed by atoms with Crippen LogP contribution in [0.1, 0.15) is 0 Å². The second-order valence-corrected chi connectivity index (χ2v) is 12.2. The van der Waals surface area contributed by atoms with Gasteiger partial charge in [-0.2, -0.15) is 0 Å². The van der Waals surface area contributed by atoms with Crippen molar-refractivity contribution in [2.24, 2.45) is 0 Å². The fourth-order valence-corrected chi connectivity index (χ4v) is 6.37. The van der Waals surface area contributed by atoms with Crippen molar-refractivity contribution in [3.63, 3.8) is 0 Å². The predicted molar refractivity (Wildman–Crippen MR) is 205 cm³/mol. The van der Waals surface area contributed by atoms with Crippen molar-refractivity contribution in [2.75, 3.05) is 0 Å². The molecule has 9 rings (SSSR count). The Balaban J connectivity index is 1.04. The normalized spacial score (nSPS) is 11.1. The van der Waals surface area contributed by atoms with Gasteiger partial charge in [-0.3, -0.25) is 9.55 Å². The lowest BCUT2D eigenvalue weighted by Gasteiger charge is -2.11. The average Bonchev–Trinajstić information content (AvgIpc) is 3.62. The van der Waals surface area contributed by atoms with Crippen LogP contribution in [0.25, 0.3) is 84.5 Å². The first-order valence-electron chi connectivity index (χ1n) is 16.8. The summed E-state index contributed by atoms with van der Waals surface area (Å²) in [5.41, 5.74) is 11.8. The molecule has 9 aromatic rings. The summed E-state index contributed by atoms with van der Waals surface area (Å²) in [6.45, 7) is 0. The lowest BCUT2D eigenvalue weighted by atomic mass is 10.0. The van der Waals surface area contributed by atoms with Gasteiger partial charge in [-0.15, -0.1) is 0 Å². The molecule has 4 aromatic heterocycles. The Kier molecular flexibility index (Phi) is 7.72. The van der Waals surface area contributed by atoms with E-state index >= 15 is 0 Å². The van der Waals surface area contributed by atoms with E-state index in [1.165, 1.54) is 11.1 Å². The van der Waals surface area contributed by atoms with E-state index in [4.69, 9.17) is 19.9 Å². The van der Waals surface area contributed by atoms with Crippen LogP contribution < -0.4 is 0 Å². The zero-order valence-electron chi connectivity index (χ0n) is 27.5. The largest absolute Gasteiger partial charge is 0.276 e. The van der Waals surface area contributed by atoms with E-state index in [9.17, 15) is 0 Å². The standard InChI is InChI=1S/C45H30N6/c1-3-11-31(12-4-1)32-18-20-34(21-19-32)40-29-41(49-44(48-40)36-13-5-2-6-14-36)35-24-22-33(23-25-35)38-27-26-37(30-47-38)45-50-39-15-7-8-16-42(39)51(45)43-17-9-10-28-46-43/h1-30H. The maximum atomic E-state index is 5.02. The number of hydrogen-bond donors (Lipinski definition) is 0. The van der Waals surface area contributed by atoms with Gasteiger partial charge in [-0.1, -0.05) is 127 Å². The maximum Gasteiger partial charge on any atom is 0.160 e. The molecule has 0 fully saturated rings. The first-order chi connectivity index (χ1) is 25.3. The monoisotopic (exact) mass is 654 g/mol. The fourth-order valence-electron chi connectivity index (χ4n) is 6.37. The molecular weight excluding hydrogens is 625 g/mol. The van der Waals surface area contributed by atoms with E-state index in [1.54, 1.807) is 6.20 Å². The quantitative estimate of drug-likeness (QED) is 0.171. The highest BCUT2D eigenvalue weighted by Gasteiger charge is 2.16. The first-order valence-corrected chi connectivity index (χ1v) is 16.8. The second-order valence-electron chi connectivity index (χ2n) is 12.2. The number of para-hydroxylation sites is 2. The highest BCUT2D eigenvalue weighted by molar-refractivity contribution is 5.83. The topological polar surface area (TPSA) is 69.4 Å². The van der Waals surface area contributed by atoms with Gasteiger partial charge in [-0.25, -0.2) is 19.9 Å². The Morgan fingerprint density at radius 3 is 1.55 bits per heavy atom. The third-order valence-electron chi connectivity index (χ3n) is 8.98. The Labute approximate surface area is 295 Å². The third-order valence-corrected chi connectivity index (χ3v) is 8.98. The van der Waals surface area contributed by atoms with Crippen LogP contribution in [0.2, 0.25) is 0 Å². The molecule has 0 aliphatic rings. The number of aromatic nitrogens is 6. The summed E-state index contributed by atoms with van der Waals surface area (Å²) in [5, 5.41) is 0. The molecule has 0 radical (unpaired) electrons. The molecule has 0 atom stereocenters. The van der Waals surface area contributed by atoms with Crippen molar-refractivity contribution in [3.8, 4) is 73.5 Å². The van der Waals surface area contributed by atoms with Gasteiger partial charge < -0.3 is 0 Å². The van der Waals surface area contributed by atoms with E-state index in [0.29, 0.717) is 5.82 Å². The lowest BCUT2D eigenvalue weighted by molar-refractivity contribution is 1.03. The zero-order chi connectivity index (χ0) is 34.0. The molecule has 0 N–H and O–H groups in total. The van der Waals surface area contributed by atoms with Crippen LogP contribution in [-0.4, -0.2) is 29.5 Å². The Morgan fingerprint density at radius 1 is 0.373 bits per heavy atom. The van der Waals surface area contributed by atoms with Crippen LogP contribution in [0.4, 0.5) is 0 Å². The minimum atomic E-state index is 0.688. The van der Waals surface area contributed by atoms with Crippen molar-refractivity contribution in [2.45, 2.75) is 0 Å². The molecule has 0 saturated heterocycles. The van der Waals surface area contributed by atoms with Crippen molar-refractivity contribution in [1.82, 2.24) is 29.5 Å². The van der Waals surface area contributed by atoms with Gasteiger partial charge in [-0.05, 0) is 53.6 Å². The molecule has 240 valence electrons. The minimum absolute atomic E-state index is 0.688. The molecule has 0 unspecified atom stereocenters. The molecule has 0 bridgehead atoms. The number of imidazole rings is 1. The van der Waals surface area contributed by atoms with Crippen LogP contribution in [0, 0.1) is 0 Å². The number of rotatable bonds is 7. The van der Waals surface area contributed by atoms with E-state index in [-0.39, 0.29) is 0 Å². The molecule has 0 amide bonds. The summed E-state index contributed by atoms with van der Waals surface area (Å²) in [6.07, 6.45) is 3.68. The average molecular weight is 655 g/mol. The van der Waals surface area contributed by atoms with Gasteiger partial charge in [0.05, 0.1) is 28.1 Å². The van der Waals surface area contributed by atoms with Gasteiger partial charge in [0.1, 0.15) is 11.6 Å². The van der Waals surface area contributed by atoms with Crippen LogP contribution >= 0.6 is 0 Å². The number of benzene rings is 5. The minimum Gasteiger partial charge on any atom is -0.276 e. The molecule has 51 heavy (non-hydrogen) atoms. The van der Waals surface area contributed by atoms with E-state index in [2.05, 4.69) is 101 Å². The number of hydrogen-bond acceptors (Lipinski definition) is 5. The first kappa shape index (κ1) is 30.0. The van der Waals surface area contributed by atoms with Gasteiger partial charge in [0.25, 0.3) is 0 Å². The second kappa shape index (κ2) is 13.1. The van der Waals surface area contributed by atoms with Crippen molar-refractivity contribution in [3.05, 3.63) is 182 Å². The molecule has 0 aliphatic carbocycles. The van der Waals surface area contributed by atoms with Crippen molar-refractivity contribution < 1.29 is 0 Å². The third kappa shape index (κ3) is 5.96. The number of pyridine rings is 2. The van der Waals surface area contributed by atoms with Crippen LogP contribution in [0.15, 0.2) is 182 Å². The van der Waals surface area contributed by atoms with E-state index < -0.39 is 0 Å². The number of nitrogens with zero attached hydrogens (tertiary/aromatic N) is 6. The molecular formula is C45H30N6. The van der Waals surface area contributed by atoms with Gasteiger partial charge in [0, 0.05) is 40.2 Å². The summed E-state index contributed by atoms with van der Waals surface area (Å²) in [5.74, 6) is 2.30. The highest BCUT2D eigenvalue weighted by atomic mass is 15.1. The summed E-state index contributed by atoms with van der Waals surface area (Å²) in [6, 6.07) is 57.7. The molecule has 6 nitrogen and oxygen atoms in total. The van der Waals surface area contributed by atoms with E-state index in [0.717, 1.165) is 67.6 Å². The van der Waals surface area contributed by atoms with E-state index in [1.807, 2.05) is 85.1 Å². The van der Waals surface area contributed by atoms with Crippen molar-refractivity contribution in [1.29, 1.82) is 0 Å². The van der Waals surface area contributed by atoms with Gasteiger partial charge in [0.2, 0.25) is 0 Å². The summed E-state index contributed by atoms with van der Waals surface area (Å²) in [7, 11) is 0. The Bertz CT molecular complexity index is 2580. The molecule has 5 aromatic carbocycles. The van der Waals surface area contributed by atoms with Crippen LogP contribution in [0.5, 0.6) is 0 Å². The SMILES string of the molecule is c1ccc(-c2ccc(-c3cc(-c4ccc(-c5ccc(-c6nc7ccccc7n6-c6ccccn6)cn5)cc4)nc(-c4ccccc4)n3)cc2)cc1. The Morgan fingerprint density at radius 2 is 0.922 bits per heavy atom. The van der Waals surface area contributed by atoms with Crippen LogP contribution in [-0.2, 0) is 0 Å². The van der Waals surface area contributed by atoms with Crippen LogP contribution in [0.3, 0.4) is 0 Å². The van der Waals surface area contributed by atoms with Gasteiger partial charge in [0.15, 0.2) is 5.82 Å². The molecule has 0 saturated carbocycles. The predicted octanol–water partition coefficient (Wildman–Crippen LogP) is 10.6. The molecule has 0 aliphatic heterocycles. The number of fused-ring (bicyclic) bond motifs is 1. The summed E-state index contributed by atoms with van der Waals surface area (Å²) in [4.78, 5) is 24.5. The molecule has 6 heteroatoms. The molecule has 4 heterocycles. The zero-order valence-corrected chi connectivity index (χ0v) is 27.5. The summed E-state index contributed by atoms with van der Waals surface area (Å²) >= 11 is 0.